The molecule has 1 atom stereocenters. The standard InChI is InChI=1S/C12H16N4OS/c1-2-11-15-10(13)5-12(16-11)14-6-9(17)8-3-4-18-7-8/h3-5,7,9,17H,2,6H2,1H3,(H3,13,14,15,16). The van der Waals surface area contributed by atoms with Crippen molar-refractivity contribution in [3.8, 4) is 0 Å². The van der Waals surface area contributed by atoms with Crippen LogP contribution in [0, 0.1) is 0 Å². The van der Waals surface area contributed by atoms with Crippen LogP contribution in [0.2, 0.25) is 0 Å². The van der Waals surface area contributed by atoms with Crippen molar-refractivity contribution in [3.63, 3.8) is 0 Å². The number of aliphatic hydroxyl groups excluding tert-OH is 1. The van der Waals surface area contributed by atoms with Gasteiger partial charge in [0.1, 0.15) is 17.5 Å². The third-order valence-corrected chi connectivity index (χ3v) is 3.21. The number of nitrogens with zero attached hydrogens (tertiary/aromatic N) is 2. The lowest BCUT2D eigenvalue weighted by molar-refractivity contribution is 0.192. The van der Waals surface area contributed by atoms with E-state index in [1.165, 1.54) is 0 Å². The number of thiophene rings is 1. The third-order valence-electron chi connectivity index (χ3n) is 2.51. The Bertz CT molecular complexity index is 501. The Labute approximate surface area is 110 Å². The number of aryl methyl sites for hydroxylation is 1. The van der Waals surface area contributed by atoms with Crippen LogP contribution in [0.5, 0.6) is 0 Å². The monoisotopic (exact) mass is 264 g/mol. The normalized spacial score (nSPS) is 12.3. The van der Waals surface area contributed by atoms with Crippen LogP contribution in [0.3, 0.4) is 0 Å². The van der Waals surface area contributed by atoms with Crippen LogP contribution in [-0.2, 0) is 6.42 Å². The summed E-state index contributed by atoms with van der Waals surface area (Å²) in [7, 11) is 0. The molecule has 0 bridgehead atoms. The number of hydrogen-bond donors (Lipinski definition) is 3. The van der Waals surface area contributed by atoms with Gasteiger partial charge in [0, 0.05) is 19.0 Å². The highest BCUT2D eigenvalue weighted by molar-refractivity contribution is 7.07. The Kier molecular flexibility index (Phi) is 4.11. The molecule has 0 radical (unpaired) electrons. The summed E-state index contributed by atoms with van der Waals surface area (Å²) in [5.74, 6) is 1.78. The lowest BCUT2D eigenvalue weighted by Gasteiger charge is -2.11. The van der Waals surface area contributed by atoms with E-state index in [2.05, 4.69) is 15.3 Å². The van der Waals surface area contributed by atoms with Gasteiger partial charge >= 0.3 is 0 Å². The first-order valence-corrected chi connectivity index (χ1v) is 6.70. The largest absolute Gasteiger partial charge is 0.387 e. The van der Waals surface area contributed by atoms with Crippen molar-refractivity contribution in [2.24, 2.45) is 0 Å². The quantitative estimate of drug-likeness (QED) is 0.767. The molecule has 18 heavy (non-hydrogen) atoms. The maximum atomic E-state index is 9.94. The molecule has 0 fully saturated rings. The van der Waals surface area contributed by atoms with Gasteiger partial charge in [-0.15, -0.1) is 0 Å². The second-order valence-electron chi connectivity index (χ2n) is 3.90. The molecular weight excluding hydrogens is 248 g/mol. The molecule has 2 heterocycles. The minimum Gasteiger partial charge on any atom is -0.387 e. The minimum absolute atomic E-state index is 0.399. The van der Waals surface area contributed by atoms with E-state index in [1.54, 1.807) is 17.4 Å². The van der Waals surface area contributed by atoms with Gasteiger partial charge in [0.05, 0.1) is 6.10 Å². The van der Waals surface area contributed by atoms with Gasteiger partial charge in [-0.05, 0) is 22.4 Å². The first-order valence-electron chi connectivity index (χ1n) is 5.76. The minimum atomic E-state index is -0.544. The maximum Gasteiger partial charge on any atom is 0.132 e. The molecular formula is C12H16N4OS. The van der Waals surface area contributed by atoms with Gasteiger partial charge in [0.2, 0.25) is 0 Å². The highest BCUT2D eigenvalue weighted by Crippen LogP contribution is 2.17. The van der Waals surface area contributed by atoms with Gasteiger partial charge in [-0.25, -0.2) is 9.97 Å². The molecule has 96 valence electrons. The molecule has 0 aromatic carbocycles. The van der Waals surface area contributed by atoms with Crippen LogP contribution in [-0.4, -0.2) is 21.6 Å². The van der Waals surface area contributed by atoms with Crippen LogP contribution >= 0.6 is 11.3 Å². The van der Waals surface area contributed by atoms with Gasteiger partial charge in [-0.3, -0.25) is 0 Å². The number of rotatable bonds is 5. The van der Waals surface area contributed by atoms with Crippen molar-refractivity contribution in [2.45, 2.75) is 19.4 Å². The summed E-state index contributed by atoms with van der Waals surface area (Å²) in [4.78, 5) is 8.39. The number of nitrogens with two attached hydrogens (primary N) is 1. The van der Waals surface area contributed by atoms with Crippen molar-refractivity contribution in [2.75, 3.05) is 17.6 Å². The van der Waals surface area contributed by atoms with E-state index < -0.39 is 6.10 Å². The fraction of sp³-hybridized carbons (Fsp3) is 0.333. The Balaban J connectivity index is 1.99. The van der Waals surface area contributed by atoms with E-state index in [1.807, 2.05) is 23.8 Å². The smallest absolute Gasteiger partial charge is 0.132 e. The average molecular weight is 264 g/mol. The molecule has 1 unspecified atom stereocenters. The van der Waals surface area contributed by atoms with Gasteiger partial charge in [-0.2, -0.15) is 11.3 Å². The van der Waals surface area contributed by atoms with Crippen LogP contribution in [0.15, 0.2) is 22.9 Å². The van der Waals surface area contributed by atoms with E-state index >= 15 is 0 Å². The SMILES string of the molecule is CCc1nc(N)cc(NCC(O)c2ccsc2)n1. The summed E-state index contributed by atoms with van der Waals surface area (Å²) in [6.07, 6.45) is 0.185. The number of aromatic nitrogens is 2. The van der Waals surface area contributed by atoms with Crippen molar-refractivity contribution in [1.29, 1.82) is 0 Å². The highest BCUT2D eigenvalue weighted by atomic mass is 32.1. The van der Waals surface area contributed by atoms with Crippen molar-refractivity contribution in [1.82, 2.24) is 9.97 Å². The molecule has 2 aromatic heterocycles. The molecule has 0 amide bonds. The topological polar surface area (TPSA) is 84.1 Å². The zero-order valence-electron chi connectivity index (χ0n) is 10.1. The van der Waals surface area contributed by atoms with Crippen LogP contribution in [0.4, 0.5) is 11.6 Å². The van der Waals surface area contributed by atoms with Crippen molar-refractivity contribution >= 4 is 23.0 Å². The lowest BCUT2D eigenvalue weighted by Crippen LogP contribution is -2.13. The van der Waals surface area contributed by atoms with Crippen molar-refractivity contribution in [3.05, 3.63) is 34.3 Å². The fourth-order valence-corrected chi connectivity index (χ4v) is 2.26. The molecule has 5 nitrogen and oxygen atoms in total. The summed E-state index contributed by atoms with van der Waals surface area (Å²) in [6, 6.07) is 3.57. The van der Waals surface area contributed by atoms with Crippen LogP contribution < -0.4 is 11.1 Å². The van der Waals surface area contributed by atoms with E-state index in [-0.39, 0.29) is 0 Å². The number of anilines is 2. The van der Waals surface area contributed by atoms with E-state index in [0.29, 0.717) is 24.0 Å². The Hall–Kier alpha value is -1.66. The first-order chi connectivity index (χ1) is 8.69. The number of nitrogens with one attached hydrogen (secondary N) is 1. The second kappa shape index (κ2) is 5.79. The highest BCUT2D eigenvalue weighted by Gasteiger charge is 2.08. The zero-order chi connectivity index (χ0) is 13.0. The van der Waals surface area contributed by atoms with Gasteiger partial charge in [0.25, 0.3) is 0 Å². The van der Waals surface area contributed by atoms with Crippen LogP contribution in [0.25, 0.3) is 0 Å². The number of nitrogen functional groups attached to an aromatic ring is 1. The molecule has 0 aliphatic rings. The molecule has 4 N–H and O–H groups in total. The zero-order valence-corrected chi connectivity index (χ0v) is 10.9. The predicted octanol–water partition coefficient (Wildman–Crippen LogP) is 1.83. The predicted molar refractivity (Wildman–Crippen MR) is 73.6 cm³/mol. The van der Waals surface area contributed by atoms with Crippen LogP contribution in [0.1, 0.15) is 24.4 Å². The molecule has 0 aliphatic carbocycles. The Morgan fingerprint density at radius 1 is 1.50 bits per heavy atom. The summed E-state index contributed by atoms with van der Waals surface area (Å²) < 4.78 is 0. The van der Waals surface area contributed by atoms with Gasteiger partial charge in [0.15, 0.2) is 0 Å². The van der Waals surface area contributed by atoms with E-state index in [4.69, 9.17) is 5.73 Å². The summed E-state index contributed by atoms with van der Waals surface area (Å²) in [5.41, 5.74) is 6.59. The molecule has 0 saturated carbocycles. The molecule has 0 saturated heterocycles. The first kappa shape index (κ1) is 12.8. The summed E-state index contributed by atoms with van der Waals surface area (Å²) in [6.45, 7) is 2.37. The average Bonchev–Trinajstić information content (AvgIpc) is 2.89. The summed E-state index contributed by atoms with van der Waals surface area (Å²) >= 11 is 1.56. The van der Waals surface area contributed by atoms with E-state index in [0.717, 1.165) is 12.0 Å². The van der Waals surface area contributed by atoms with Crippen molar-refractivity contribution < 1.29 is 5.11 Å². The Morgan fingerprint density at radius 2 is 2.33 bits per heavy atom. The van der Waals surface area contributed by atoms with Gasteiger partial charge in [-0.1, -0.05) is 6.92 Å². The molecule has 2 rings (SSSR count). The molecule has 6 heteroatoms. The summed E-state index contributed by atoms with van der Waals surface area (Å²) in [5, 5.41) is 16.9. The fourth-order valence-electron chi connectivity index (χ4n) is 1.55. The van der Waals surface area contributed by atoms with Gasteiger partial charge < -0.3 is 16.2 Å². The second-order valence-corrected chi connectivity index (χ2v) is 4.68. The third kappa shape index (κ3) is 3.18. The lowest BCUT2D eigenvalue weighted by atomic mass is 10.2. The number of aliphatic hydroxyl groups is 1. The van der Waals surface area contributed by atoms with E-state index in [9.17, 15) is 5.11 Å². The number of hydrogen-bond acceptors (Lipinski definition) is 6. The maximum absolute atomic E-state index is 9.94. The molecule has 0 spiro atoms. The molecule has 0 aliphatic heterocycles. The molecule has 2 aromatic rings. The Morgan fingerprint density at radius 3 is 3.00 bits per heavy atom.